The minimum absolute atomic E-state index is 0.0875. The Hall–Kier alpha value is -0.610. The summed E-state index contributed by atoms with van der Waals surface area (Å²) in [5.41, 5.74) is -0.0875. The molecule has 1 fully saturated rings. The van der Waals surface area contributed by atoms with Crippen molar-refractivity contribution in [3.8, 4) is 0 Å². The van der Waals surface area contributed by atoms with Gasteiger partial charge < -0.3 is 10.6 Å². The van der Waals surface area contributed by atoms with Crippen LogP contribution in [0.2, 0.25) is 0 Å². The second kappa shape index (κ2) is 4.94. The van der Waals surface area contributed by atoms with Gasteiger partial charge in [-0.2, -0.15) is 0 Å². The first-order valence-corrected chi connectivity index (χ1v) is 5.66. The molecule has 0 bridgehead atoms. The summed E-state index contributed by atoms with van der Waals surface area (Å²) in [5.74, 6) is 0.122. The second-order valence-electron chi connectivity index (χ2n) is 5.01. The number of hydrogen-bond acceptors (Lipinski definition) is 3. The molecule has 0 aromatic rings. The van der Waals surface area contributed by atoms with Crippen LogP contribution in [0.4, 0.5) is 0 Å². The van der Waals surface area contributed by atoms with Crippen molar-refractivity contribution in [1.82, 2.24) is 15.5 Å². The second-order valence-corrected chi connectivity index (χ2v) is 5.01. The maximum absolute atomic E-state index is 11.7. The first-order valence-electron chi connectivity index (χ1n) is 5.66. The molecule has 88 valence electrons. The highest BCUT2D eigenvalue weighted by Crippen LogP contribution is 2.07. The van der Waals surface area contributed by atoms with Crippen LogP contribution >= 0.6 is 0 Å². The number of carbonyl (C=O) groups excluding carboxylic acids is 1. The molecular formula is C11H23N3O. The van der Waals surface area contributed by atoms with E-state index in [0.29, 0.717) is 12.6 Å². The van der Waals surface area contributed by atoms with Crippen LogP contribution in [0.25, 0.3) is 0 Å². The molecule has 0 aliphatic carbocycles. The van der Waals surface area contributed by atoms with E-state index in [1.165, 1.54) is 0 Å². The van der Waals surface area contributed by atoms with Crippen molar-refractivity contribution in [1.29, 1.82) is 0 Å². The summed E-state index contributed by atoms with van der Waals surface area (Å²) >= 11 is 0. The summed E-state index contributed by atoms with van der Waals surface area (Å²) < 4.78 is 0. The van der Waals surface area contributed by atoms with E-state index in [2.05, 4.69) is 36.3 Å². The fourth-order valence-electron chi connectivity index (χ4n) is 1.45. The summed E-state index contributed by atoms with van der Waals surface area (Å²) in [6.45, 7) is 8.68. The quantitative estimate of drug-likeness (QED) is 0.685. The van der Waals surface area contributed by atoms with Crippen molar-refractivity contribution in [3.63, 3.8) is 0 Å². The lowest BCUT2D eigenvalue weighted by Gasteiger charge is -2.36. The van der Waals surface area contributed by atoms with Gasteiger partial charge in [-0.1, -0.05) is 6.92 Å². The predicted octanol–water partition coefficient (Wildman–Crippen LogP) is 0.195. The standard InChI is InChI=1S/C11H23N3O/c1-5-11(2,3)13-10(15)8-14(4)9-6-12-7-9/h9,12H,5-8H2,1-4H3,(H,13,15). The topological polar surface area (TPSA) is 44.4 Å². The van der Waals surface area contributed by atoms with E-state index >= 15 is 0 Å². The van der Waals surface area contributed by atoms with Crippen LogP contribution in [-0.4, -0.2) is 49.1 Å². The molecule has 0 aromatic carbocycles. The van der Waals surface area contributed by atoms with Crippen LogP contribution in [0, 0.1) is 0 Å². The number of likely N-dealkylation sites (N-methyl/N-ethyl adjacent to an activating group) is 1. The van der Waals surface area contributed by atoms with Crippen LogP contribution < -0.4 is 10.6 Å². The largest absolute Gasteiger partial charge is 0.350 e. The number of amides is 1. The summed E-state index contributed by atoms with van der Waals surface area (Å²) in [7, 11) is 2.00. The average Bonchev–Trinajstić information content (AvgIpc) is 1.99. The third-order valence-corrected chi connectivity index (χ3v) is 3.14. The fraction of sp³-hybridized carbons (Fsp3) is 0.909. The Kier molecular flexibility index (Phi) is 4.11. The Morgan fingerprint density at radius 3 is 2.53 bits per heavy atom. The van der Waals surface area contributed by atoms with E-state index in [4.69, 9.17) is 0 Å². The highest BCUT2D eigenvalue weighted by molar-refractivity contribution is 5.78. The van der Waals surface area contributed by atoms with Gasteiger partial charge in [-0.15, -0.1) is 0 Å². The van der Waals surface area contributed by atoms with Crippen LogP contribution in [0.1, 0.15) is 27.2 Å². The molecule has 1 amide bonds. The minimum atomic E-state index is -0.0875. The third kappa shape index (κ3) is 3.80. The Morgan fingerprint density at radius 2 is 2.13 bits per heavy atom. The van der Waals surface area contributed by atoms with Gasteiger partial charge in [0, 0.05) is 24.7 Å². The normalized spacial score (nSPS) is 17.7. The molecule has 0 saturated carbocycles. The molecule has 1 heterocycles. The molecule has 0 spiro atoms. The fourth-order valence-corrected chi connectivity index (χ4v) is 1.45. The van der Waals surface area contributed by atoms with E-state index in [9.17, 15) is 4.79 Å². The SMILES string of the molecule is CCC(C)(C)NC(=O)CN(C)C1CNC1. The maximum atomic E-state index is 11.7. The van der Waals surface area contributed by atoms with Crippen molar-refractivity contribution >= 4 is 5.91 Å². The van der Waals surface area contributed by atoms with Crippen molar-refractivity contribution in [3.05, 3.63) is 0 Å². The summed E-state index contributed by atoms with van der Waals surface area (Å²) in [6, 6.07) is 0.528. The van der Waals surface area contributed by atoms with E-state index in [0.717, 1.165) is 19.5 Å². The number of carbonyl (C=O) groups is 1. The molecule has 2 N–H and O–H groups in total. The molecule has 0 atom stereocenters. The van der Waals surface area contributed by atoms with Gasteiger partial charge in [-0.3, -0.25) is 9.69 Å². The average molecular weight is 213 g/mol. The molecule has 0 radical (unpaired) electrons. The molecule has 4 nitrogen and oxygen atoms in total. The molecule has 0 unspecified atom stereocenters. The lowest BCUT2D eigenvalue weighted by Crippen LogP contribution is -2.58. The molecule has 1 aliphatic heterocycles. The van der Waals surface area contributed by atoms with E-state index in [1.54, 1.807) is 0 Å². The highest BCUT2D eigenvalue weighted by Gasteiger charge is 2.24. The molecule has 1 rings (SSSR count). The summed E-state index contributed by atoms with van der Waals surface area (Å²) in [6.07, 6.45) is 0.952. The molecule has 1 saturated heterocycles. The number of nitrogens with zero attached hydrogens (tertiary/aromatic N) is 1. The smallest absolute Gasteiger partial charge is 0.234 e. The zero-order valence-electron chi connectivity index (χ0n) is 10.3. The molecule has 0 aromatic heterocycles. The molecule has 4 heteroatoms. The van der Waals surface area contributed by atoms with Crippen molar-refractivity contribution in [2.24, 2.45) is 0 Å². The van der Waals surface area contributed by atoms with Crippen LogP contribution in [-0.2, 0) is 4.79 Å². The first-order chi connectivity index (χ1) is 6.94. The zero-order valence-corrected chi connectivity index (χ0v) is 10.3. The molecular weight excluding hydrogens is 190 g/mol. The van der Waals surface area contributed by atoms with Gasteiger partial charge in [0.05, 0.1) is 6.54 Å². The van der Waals surface area contributed by atoms with Crippen molar-refractivity contribution < 1.29 is 4.79 Å². The van der Waals surface area contributed by atoms with Crippen LogP contribution in [0.5, 0.6) is 0 Å². The van der Waals surface area contributed by atoms with Crippen molar-refractivity contribution in [2.75, 3.05) is 26.7 Å². The van der Waals surface area contributed by atoms with Gasteiger partial charge in [0.2, 0.25) is 5.91 Å². The van der Waals surface area contributed by atoms with Crippen LogP contribution in [0.3, 0.4) is 0 Å². The lowest BCUT2D eigenvalue weighted by atomic mass is 10.0. The van der Waals surface area contributed by atoms with Gasteiger partial charge >= 0.3 is 0 Å². The summed E-state index contributed by atoms with van der Waals surface area (Å²) in [5, 5.41) is 6.24. The predicted molar refractivity (Wildman–Crippen MR) is 61.8 cm³/mol. The van der Waals surface area contributed by atoms with Gasteiger partial charge in [-0.05, 0) is 27.3 Å². The Morgan fingerprint density at radius 1 is 1.53 bits per heavy atom. The monoisotopic (exact) mass is 213 g/mol. The van der Waals surface area contributed by atoms with Crippen molar-refractivity contribution in [2.45, 2.75) is 38.8 Å². The number of hydrogen-bond donors (Lipinski definition) is 2. The van der Waals surface area contributed by atoms with E-state index < -0.39 is 0 Å². The highest BCUT2D eigenvalue weighted by atomic mass is 16.2. The van der Waals surface area contributed by atoms with Gasteiger partial charge in [0.15, 0.2) is 0 Å². The number of rotatable bonds is 5. The third-order valence-electron chi connectivity index (χ3n) is 3.14. The zero-order chi connectivity index (χ0) is 11.5. The summed E-state index contributed by atoms with van der Waals surface area (Å²) in [4.78, 5) is 13.8. The Balaban J connectivity index is 2.28. The van der Waals surface area contributed by atoms with Gasteiger partial charge in [-0.25, -0.2) is 0 Å². The Bertz CT molecular complexity index is 224. The molecule has 15 heavy (non-hydrogen) atoms. The minimum Gasteiger partial charge on any atom is -0.350 e. The molecule has 1 aliphatic rings. The van der Waals surface area contributed by atoms with E-state index in [1.807, 2.05) is 7.05 Å². The van der Waals surface area contributed by atoms with E-state index in [-0.39, 0.29) is 11.4 Å². The maximum Gasteiger partial charge on any atom is 0.234 e. The Labute approximate surface area is 92.4 Å². The lowest BCUT2D eigenvalue weighted by molar-refractivity contribution is -0.124. The van der Waals surface area contributed by atoms with Gasteiger partial charge in [0.25, 0.3) is 0 Å². The first kappa shape index (κ1) is 12.5. The van der Waals surface area contributed by atoms with Gasteiger partial charge in [0.1, 0.15) is 0 Å². The van der Waals surface area contributed by atoms with Crippen LogP contribution in [0.15, 0.2) is 0 Å². The number of nitrogens with one attached hydrogen (secondary N) is 2.